The van der Waals surface area contributed by atoms with E-state index < -0.39 is 0 Å². The number of hydrogen-bond acceptors (Lipinski definition) is 4. The lowest BCUT2D eigenvalue weighted by Gasteiger charge is -2.17. The molecule has 4 nitrogen and oxygen atoms in total. The summed E-state index contributed by atoms with van der Waals surface area (Å²) in [7, 11) is 3.10. The van der Waals surface area contributed by atoms with Crippen LogP contribution >= 0.6 is 0 Å². The van der Waals surface area contributed by atoms with Crippen molar-refractivity contribution in [1.29, 1.82) is 0 Å². The Labute approximate surface area is 113 Å². The molecule has 0 heterocycles. The number of ether oxygens (including phenoxy) is 3. The zero-order valence-electron chi connectivity index (χ0n) is 11.2. The molecule has 1 aromatic carbocycles. The molecule has 0 aromatic heterocycles. The highest BCUT2D eigenvalue weighted by molar-refractivity contribution is 5.90. The van der Waals surface area contributed by atoms with Gasteiger partial charge in [-0.05, 0) is 37.5 Å². The lowest BCUT2D eigenvalue weighted by atomic mass is 10.1. The minimum absolute atomic E-state index is 0.126. The molecule has 4 heteroatoms. The van der Waals surface area contributed by atoms with Crippen molar-refractivity contribution in [2.75, 3.05) is 14.2 Å². The van der Waals surface area contributed by atoms with Crippen LogP contribution in [0.4, 0.5) is 0 Å². The highest BCUT2D eigenvalue weighted by Crippen LogP contribution is 2.24. The number of methoxy groups -OCH3 is 2. The summed E-state index contributed by atoms with van der Waals surface area (Å²) in [5.74, 6) is 0.796. The number of carbonyl (C=O) groups is 1. The molecule has 1 aromatic rings. The van der Waals surface area contributed by atoms with E-state index in [1.54, 1.807) is 32.4 Å². The van der Waals surface area contributed by atoms with Gasteiger partial charge in [0.2, 0.25) is 0 Å². The Hall–Kier alpha value is -1.97. The Kier molecular flexibility index (Phi) is 4.44. The third-order valence-electron chi connectivity index (χ3n) is 3.06. The highest BCUT2D eigenvalue weighted by atomic mass is 16.5. The molecule has 0 N–H and O–H groups in total. The van der Waals surface area contributed by atoms with E-state index in [1.807, 2.05) is 12.2 Å². The Morgan fingerprint density at radius 2 is 1.84 bits per heavy atom. The lowest BCUT2D eigenvalue weighted by Crippen LogP contribution is -2.18. The first-order chi connectivity index (χ1) is 9.22. The smallest absolute Gasteiger partial charge is 0.338 e. The van der Waals surface area contributed by atoms with Crippen LogP contribution in [0.5, 0.6) is 11.5 Å². The van der Waals surface area contributed by atoms with Crippen LogP contribution in [0.15, 0.2) is 30.4 Å². The Balaban J connectivity index is 2.13. The van der Waals surface area contributed by atoms with Gasteiger partial charge >= 0.3 is 5.97 Å². The zero-order valence-corrected chi connectivity index (χ0v) is 11.2. The largest absolute Gasteiger partial charge is 0.497 e. The predicted octanol–water partition coefficient (Wildman–Crippen LogP) is 2.97. The molecular formula is C15H18O4. The van der Waals surface area contributed by atoms with Gasteiger partial charge in [-0.3, -0.25) is 0 Å². The normalized spacial score (nSPS) is 17.9. The molecule has 0 bridgehead atoms. The fourth-order valence-corrected chi connectivity index (χ4v) is 2.01. The monoisotopic (exact) mass is 262 g/mol. The van der Waals surface area contributed by atoms with Crippen molar-refractivity contribution in [1.82, 2.24) is 0 Å². The maximum atomic E-state index is 12.1. The maximum Gasteiger partial charge on any atom is 0.338 e. The van der Waals surface area contributed by atoms with Gasteiger partial charge in [-0.1, -0.05) is 6.08 Å². The molecule has 0 aliphatic heterocycles. The number of esters is 1. The minimum Gasteiger partial charge on any atom is -0.497 e. The first kappa shape index (κ1) is 13.5. The van der Waals surface area contributed by atoms with Gasteiger partial charge in [-0.15, -0.1) is 0 Å². The molecular weight excluding hydrogens is 244 g/mol. The van der Waals surface area contributed by atoms with Gasteiger partial charge in [-0.2, -0.15) is 0 Å². The van der Waals surface area contributed by atoms with Gasteiger partial charge < -0.3 is 14.2 Å². The van der Waals surface area contributed by atoms with E-state index >= 15 is 0 Å². The average Bonchev–Trinajstić information content (AvgIpc) is 2.47. The van der Waals surface area contributed by atoms with Crippen molar-refractivity contribution in [3.63, 3.8) is 0 Å². The maximum absolute atomic E-state index is 12.1. The molecule has 1 atom stereocenters. The van der Waals surface area contributed by atoms with E-state index in [0.29, 0.717) is 17.1 Å². The van der Waals surface area contributed by atoms with Crippen molar-refractivity contribution < 1.29 is 19.0 Å². The third-order valence-corrected chi connectivity index (χ3v) is 3.06. The summed E-state index contributed by atoms with van der Waals surface area (Å²) < 4.78 is 15.7. The third kappa shape index (κ3) is 3.50. The first-order valence-electron chi connectivity index (χ1n) is 6.33. The summed E-state index contributed by atoms with van der Waals surface area (Å²) >= 11 is 0. The molecule has 1 unspecified atom stereocenters. The molecule has 0 saturated heterocycles. The molecule has 1 aliphatic rings. The number of rotatable bonds is 4. The van der Waals surface area contributed by atoms with Crippen LogP contribution in [0, 0.1) is 0 Å². The van der Waals surface area contributed by atoms with Crippen LogP contribution in [0.2, 0.25) is 0 Å². The predicted molar refractivity (Wildman–Crippen MR) is 71.7 cm³/mol. The van der Waals surface area contributed by atoms with E-state index in [-0.39, 0.29) is 12.1 Å². The standard InChI is InChI=1S/C15H18O4/c1-17-13-8-11(9-14(10-13)18-2)15(16)19-12-6-4-3-5-7-12/h4,6,8-10,12H,3,5,7H2,1-2H3. The van der Waals surface area contributed by atoms with Crippen molar-refractivity contribution in [3.05, 3.63) is 35.9 Å². The van der Waals surface area contributed by atoms with Crippen molar-refractivity contribution in [2.24, 2.45) is 0 Å². The van der Waals surface area contributed by atoms with Gasteiger partial charge in [0.1, 0.15) is 17.6 Å². The van der Waals surface area contributed by atoms with Crippen molar-refractivity contribution in [2.45, 2.75) is 25.4 Å². The van der Waals surface area contributed by atoms with E-state index in [2.05, 4.69) is 0 Å². The molecule has 19 heavy (non-hydrogen) atoms. The molecule has 1 aliphatic carbocycles. The van der Waals surface area contributed by atoms with E-state index in [4.69, 9.17) is 14.2 Å². The Morgan fingerprint density at radius 1 is 1.16 bits per heavy atom. The quantitative estimate of drug-likeness (QED) is 0.618. The SMILES string of the molecule is COc1cc(OC)cc(C(=O)OC2C=CCCC2)c1. The number of allylic oxidation sites excluding steroid dienone is 1. The number of hydrogen-bond donors (Lipinski definition) is 0. The number of carbonyl (C=O) groups excluding carboxylic acids is 1. The second-order valence-corrected chi connectivity index (χ2v) is 4.40. The van der Waals surface area contributed by atoms with Gasteiger partial charge in [-0.25, -0.2) is 4.79 Å². The molecule has 0 spiro atoms. The van der Waals surface area contributed by atoms with Gasteiger partial charge in [0, 0.05) is 6.07 Å². The molecule has 2 rings (SSSR count). The second-order valence-electron chi connectivity index (χ2n) is 4.40. The topological polar surface area (TPSA) is 44.8 Å². The van der Waals surface area contributed by atoms with Crippen LogP contribution < -0.4 is 9.47 Å². The average molecular weight is 262 g/mol. The molecule has 0 saturated carbocycles. The summed E-state index contributed by atoms with van der Waals surface area (Å²) in [4.78, 5) is 12.1. The summed E-state index contributed by atoms with van der Waals surface area (Å²) in [6.07, 6.45) is 6.85. The summed E-state index contributed by atoms with van der Waals surface area (Å²) in [6, 6.07) is 5.02. The van der Waals surface area contributed by atoms with E-state index in [0.717, 1.165) is 19.3 Å². The fourth-order valence-electron chi connectivity index (χ4n) is 2.01. The second kappa shape index (κ2) is 6.27. The summed E-state index contributed by atoms with van der Waals surface area (Å²) in [5.41, 5.74) is 0.440. The Morgan fingerprint density at radius 3 is 2.37 bits per heavy atom. The molecule has 102 valence electrons. The lowest BCUT2D eigenvalue weighted by molar-refractivity contribution is 0.0369. The molecule has 0 amide bonds. The summed E-state index contributed by atoms with van der Waals surface area (Å²) in [5, 5.41) is 0. The van der Waals surface area contributed by atoms with E-state index in [1.165, 1.54) is 0 Å². The van der Waals surface area contributed by atoms with Gasteiger partial charge in [0.15, 0.2) is 0 Å². The minimum atomic E-state index is -0.353. The van der Waals surface area contributed by atoms with Crippen LogP contribution in [-0.2, 0) is 4.74 Å². The summed E-state index contributed by atoms with van der Waals surface area (Å²) in [6.45, 7) is 0. The van der Waals surface area contributed by atoms with E-state index in [9.17, 15) is 4.79 Å². The van der Waals surface area contributed by atoms with Crippen LogP contribution in [-0.4, -0.2) is 26.3 Å². The molecule has 0 radical (unpaired) electrons. The van der Waals surface area contributed by atoms with Gasteiger partial charge in [0.05, 0.1) is 19.8 Å². The fraction of sp³-hybridized carbons (Fsp3) is 0.400. The van der Waals surface area contributed by atoms with Crippen LogP contribution in [0.25, 0.3) is 0 Å². The highest BCUT2D eigenvalue weighted by Gasteiger charge is 2.17. The van der Waals surface area contributed by atoms with Crippen molar-refractivity contribution >= 4 is 5.97 Å². The van der Waals surface area contributed by atoms with Crippen LogP contribution in [0.3, 0.4) is 0 Å². The molecule has 0 fully saturated rings. The zero-order chi connectivity index (χ0) is 13.7. The number of benzene rings is 1. The van der Waals surface area contributed by atoms with Crippen molar-refractivity contribution in [3.8, 4) is 11.5 Å². The van der Waals surface area contributed by atoms with Crippen LogP contribution in [0.1, 0.15) is 29.6 Å². The van der Waals surface area contributed by atoms with Gasteiger partial charge in [0.25, 0.3) is 0 Å². The first-order valence-corrected chi connectivity index (χ1v) is 6.33. The Bertz CT molecular complexity index is 457.